The second kappa shape index (κ2) is 2.72. The van der Waals surface area contributed by atoms with E-state index in [2.05, 4.69) is 19.2 Å². The van der Waals surface area contributed by atoms with Crippen molar-refractivity contribution in [3.8, 4) is 0 Å². The van der Waals surface area contributed by atoms with Crippen molar-refractivity contribution in [2.75, 3.05) is 5.32 Å². The molecule has 0 saturated heterocycles. The highest BCUT2D eigenvalue weighted by molar-refractivity contribution is 5.56. The number of anilines is 1. The molecule has 0 aromatic heterocycles. The average molecular weight is 179 g/mol. The first-order chi connectivity index (χ1) is 6.08. The summed E-state index contributed by atoms with van der Waals surface area (Å²) in [5, 5.41) is 3.23. The molecule has 2 rings (SSSR count). The van der Waals surface area contributed by atoms with Gasteiger partial charge in [0.25, 0.3) is 0 Å². The van der Waals surface area contributed by atoms with Crippen molar-refractivity contribution >= 4 is 5.69 Å². The fourth-order valence-corrected chi connectivity index (χ4v) is 1.77. The minimum Gasteiger partial charge on any atom is -0.378 e. The van der Waals surface area contributed by atoms with Crippen LogP contribution in [0, 0.1) is 5.82 Å². The molecule has 2 heteroatoms. The summed E-state index contributed by atoms with van der Waals surface area (Å²) in [6.45, 7) is 4.20. The summed E-state index contributed by atoms with van der Waals surface area (Å²) in [4.78, 5) is 0. The van der Waals surface area contributed by atoms with E-state index in [1.807, 2.05) is 6.07 Å². The summed E-state index contributed by atoms with van der Waals surface area (Å²) in [5.41, 5.74) is 1.81. The Morgan fingerprint density at radius 2 is 2.15 bits per heavy atom. The summed E-state index contributed by atoms with van der Waals surface area (Å²) in [6.07, 6.45) is 2.02. The molecular formula is C11H14FN. The third-order valence-corrected chi connectivity index (χ3v) is 2.58. The molecule has 0 aliphatic carbocycles. The van der Waals surface area contributed by atoms with Crippen molar-refractivity contribution in [2.45, 2.75) is 32.2 Å². The lowest BCUT2D eigenvalue weighted by Crippen LogP contribution is -2.35. The molecule has 1 aromatic carbocycles. The van der Waals surface area contributed by atoms with Crippen LogP contribution >= 0.6 is 0 Å². The van der Waals surface area contributed by atoms with E-state index in [-0.39, 0.29) is 11.4 Å². The largest absolute Gasteiger partial charge is 0.378 e. The molecule has 1 aromatic rings. The number of aryl methyl sites for hydroxylation is 1. The maximum Gasteiger partial charge on any atom is 0.146 e. The van der Waals surface area contributed by atoms with Crippen LogP contribution in [-0.2, 0) is 6.42 Å². The summed E-state index contributed by atoms with van der Waals surface area (Å²) in [6, 6.07) is 5.27. The molecule has 1 nitrogen and oxygen atoms in total. The van der Waals surface area contributed by atoms with Crippen LogP contribution in [0.25, 0.3) is 0 Å². The van der Waals surface area contributed by atoms with E-state index in [0.29, 0.717) is 5.69 Å². The molecule has 0 bridgehead atoms. The van der Waals surface area contributed by atoms with E-state index in [0.717, 1.165) is 18.4 Å². The fourth-order valence-electron chi connectivity index (χ4n) is 1.77. The van der Waals surface area contributed by atoms with Crippen LogP contribution in [0.1, 0.15) is 25.8 Å². The second-order valence-electron chi connectivity index (χ2n) is 4.28. The van der Waals surface area contributed by atoms with Crippen molar-refractivity contribution < 1.29 is 4.39 Å². The molecule has 13 heavy (non-hydrogen) atoms. The maximum absolute atomic E-state index is 13.4. The van der Waals surface area contributed by atoms with Crippen LogP contribution in [0.2, 0.25) is 0 Å². The molecule has 0 atom stereocenters. The maximum atomic E-state index is 13.4. The second-order valence-corrected chi connectivity index (χ2v) is 4.28. The van der Waals surface area contributed by atoms with Gasteiger partial charge in [0.05, 0.1) is 5.69 Å². The van der Waals surface area contributed by atoms with Gasteiger partial charge in [-0.15, -0.1) is 0 Å². The summed E-state index contributed by atoms with van der Waals surface area (Å²) < 4.78 is 13.4. The number of nitrogens with one attached hydrogen (secondary N) is 1. The van der Waals surface area contributed by atoms with Crippen LogP contribution in [0.4, 0.5) is 10.1 Å². The molecule has 1 N–H and O–H groups in total. The predicted molar refractivity (Wildman–Crippen MR) is 52.4 cm³/mol. The number of fused-ring (bicyclic) bond motifs is 1. The number of para-hydroxylation sites is 1. The number of rotatable bonds is 0. The lowest BCUT2D eigenvalue weighted by molar-refractivity contribution is 0.492. The van der Waals surface area contributed by atoms with Gasteiger partial charge in [-0.2, -0.15) is 0 Å². The normalized spacial score (nSPS) is 19.0. The molecule has 1 aliphatic rings. The summed E-state index contributed by atoms with van der Waals surface area (Å²) in [7, 11) is 0. The standard InChI is InChI=1S/C11H14FN/c1-11(2)7-6-8-4-3-5-9(12)10(8)13-11/h3-5,13H,6-7H2,1-2H3. The fraction of sp³-hybridized carbons (Fsp3) is 0.455. The van der Waals surface area contributed by atoms with Gasteiger partial charge in [0.2, 0.25) is 0 Å². The first-order valence-corrected chi connectivity index (χ1v) is 4.64. The molecule has 0 saturated carbocycles. The van der Waals surface area contributed by atoms with Crippen molar-refractivity contribution in [1.29, 1.82) is 0 Å². The zero-order valence-corrected chi connectivity index (χ0v) is 8.02. The molecule has 0 radical (unpaired) electrons. The quantitative estimate of drug-likeness (QED) is 0.645. The molecule has 0 fully saturated rings. The van der Waals surface area contributed by atoms with E-state index in [1.165, 1.54) is 6.07 Å². The molecule has 0 unspecified atom stereocenters. The highest BCUT2D eigenvalue weighted by Gasteiger charge is 2.25. The van der Waals surface area contributed by atoms with Crippen LogP contribution in [0.15, 0.2) is 18.2 Å². The first kappa shape index (κ1) is 8.54. The number of hydrogen-bond acceptors (Lipinski definition) is 1. The van der Waals surface area contributed by atoms with Crippen molar-refractivity contribution in [3.63, 3.8) is 0 Å². The van der Waals surface area contributed by atoms with Gasteiger partial charge in [0, 0.05) is 5.54 Å². The number of halogens is 1. The van der Waals surface area contributed by atoms with Crippen LogP contribution in [-0.4, -0.2) is 5.54 Å². The molecule has 0 amide bonds. The zero-order valence-electron chi connectivity index (χ0n) is 8.02. The van der Waals surface area contributed by atoms with Crippen LogP contribution < -0.4 is 5.32 Å². The van der Waals surface area contributed by atoms with Crippen LogP contribution in [0.5, 0.6) is 0 Å². The van der Waals surface area contributed by atoms with E-state index < -0.39 is 0 Å². The van der Waals surface area contributed by atoms with Gasteiger partial charge in [-0.25, -0.2) is 4.39 Å². The highest BCUT2D eigenvalue weighted by Crippen LogP contribution is 2.31. The Hall–Kier alpha value is -1.05. The number of hydrogen-bond donors (Lipinski definition) is 1. The Balaban J connectivity index is 2.44. The van der Waals surface area contributed by atoms with Crippen molar-refractivity contribution in [1.82, 2.24) is 0 Å². The Bertz CT molecular complexity index is 331. The molecule has 0 spiro atoms. The Morgan fingerprint density at radius 1 is 1.38 bits per heavy atom. The number of benzene rings is 1. The lowest BCUT2D eigenvalue weighted by atomic mass is 9.89. The summed E-state index contributed by atoms with van der Waals surface area (Å²) in [5.74, 6) is -0.134. The topological polar surface area (TPSA) is 12.0 Å². The predicted octanol–water partition coefficient (Wildman–Crippen LogP) is 2.96. The lowest BCUT2D eigenvalue weighted by Gasteiger charge is -2.33. The van der Waals surface area contributed by atoms with E-state index in [9.17, 15) is 4.39 Å². The zero-order chi connectivity index (χ0) is 9.47. The van der Waals surface area contributed by atoms with Gasteiger partial charge in [-0.1, -0.05) is 12.1 Å². The third kappa shape index (κ3) is 1.53. The molecular weight excluding hydrogens is 165 g/mol. The molecule has 1 aliphatic heterocycles. The SMILES string of the molecule is CC1(C)CCc2cccc(F)c2N1. The summed E-state index contributed by atoms with van der Waals surface area (Å²) >= 11 is 0. The first-order valence-electron chi connectivity index (χ1n) is 4.64. The van der Waals surface area contributed by atoms with Gasteiger partial charge < -0.3 is 5.32 Å². The van der Waals surface area contributed by atoms with Crippen LogP contribution in [0.3, 0.4) is 0 Å². The molecule has 1 heterocycles. The van der Waals surface area contributed by atoms with Gasteiger partial charge in [-0.3, -0.25) is 0 Å². The van der Waals surface area contributed by atoms with Crippen molar-refractivity contribution in [3.05, 3.63) is 29.6 Å². The minimum atomic E-state index is -0.134. The van der Waals surface area contributed by atoms with E-state index in [4.69, 9.17) is 0 Å². The van der Waals surface area contributed by atoms with E-state index >= 15 is 0 Å². The highest BCUT2D eigenvalue weighted by atomic mass is 19.1. The Kier molecular flexibility index (Phi) is 1.79. The smallest absolute Gasteiger partial charge is 0.146 e. The molecule has 70 valence electrons. The minimum absolute atomic E-state index is 0.0230. The Morgan fingerprint density at radius 3 is 2.92 bits per heavy atom. The van der Waals surface area contributed by atoms with Gasteiger partial charge in [0.15, 0.2) is 0 Å². The average Bonchev–Trinajstić information content (AvgIpc) is 2.06. The Labute approximate surface area is 78.0 Å². The van der Waals surface area contributed by atoms with E-state index in [1.54, 1.807) is 6.07 Å². The third-order valence-electron chi connectivity index (χ3n) is 2.58. The van der Waals surface area contributed by atoms with Crippen molar-refractivity contribution in [2.24, 2.45) is 0 Å². The van der Waals surface area contributed by atoms with Gasteiger partial charge in [0.1, 0.15) is 5.82 Å². The van der Waals surface area contributed by atoms with Gasteiger partial charge in [-0.05, 0) is 38.3 Å². The monoisotopic (exact) mass is 179 g/mol. The van der Waals surface area contributed by atoms with Gasteiger partial charge >= 0.3 is 0 Å².